The summed E-state index contributed by atoms with van der Waals surface area (Å²) in [4.78, 5) is 42.8. The van der Waals surface area contributed by atoms with Gasteiger partial charge in [0.2, 0.25) is 5.91 Å². The molecule has 1 amide bonds. The maximum atomic E-state index is 14.4. The molecule has 7 rings (SSSR count). The zero-order valence-corrected chi connectivity index (χ0v) is 23.1. The van der Waals surface area contributed by atoms with Gasteiger partial charge in [0.15, 0.2) is 11.5 Å². The number of fused-ring (bicyclic) bond motifs is 9. The van der Waals surface area contributed by atoms with Crippen LogP contribution < -0.4 is 19.9 Å². The van der Waals surface area contributed by atoms with Crippen LogP contribution in [0.1, 0.15) is 34.7 Å². The standard InChI is InChI=1S/C31H32N4O6/c1-40-27-13-18-8-9-32(15-20(18)14-28(27)41-2)31(37)24-12-19-11-23(35(38)39)6-7-26(19)34-16-21-10-22(30(24)34)17-33-25(21)4-3-5-29(33)36/h3-7,11,13-14,21-22,24,30H,8-10,12,15-17H2,1-2H3/t21?,22?,24-,30+/m1/s1. The molecule has 212 valence electrons. The lowest BCUT2D eigenvalue weighted by Crippen LogP contribution is -2.61. The number of ether oxygens (including phenoxy) is 2. The van der Waals surface area contributed by atoms with Gasteiger partial charge in [0.1, 0.15) is 0 Å². The minimum atomic E-state index is -0.377. The Morgan fingerprint density at radius 2 is 1.78 bits per heavy atom. The maximum Gasteiger partial charge on any atom is 0.269 e. The molecular formula is C31H32N4O6. The number of non-ortho nitro benzene ring substituents is 1. The van der Waals surface area contributed by atoms with Crippen molar-refractivity contribution in [3.8, 4) is 11.5 Å². The second kappa shape index (κ2) is 9.64. The van der Waals surface area contributed by atoms with Gasteiger partial charge in [0.05, 0.1) is 25.1 Å². The van der Waals surface area contributed by atoms with Gasteiger partial charge in [0, 0.05) is 67.7 Å². The van der Waals surface area contributed by atoms with Crippen molar-refractivity contribution in [2.24, 2.45) is 11.8 Å². The van der Waals surface area contributed by atoms with Crippen LogP contribution in [0.25, 0.3) is 0 Å². The first-order chi connectivity index (χ1) is 19.9. The number of methoxy groups -OCH3 is 2. The van der Waals surface area contributed by atoms with Crippen molar-refractivity contribution in [1.29, 1.82) is 0 Å². The van der Waals surface area contributed by atoms with E-state index in [0.29, 0.717) is 50.5 Å². The van der Waals surface area contributed by atoms with E-state index in [2.05, 4.69) is 4.90 Å². The quantitative estimate of drug-likeness (QED) is 0.358. The topological polar surface area (TPSA) is 107 Å². The number of nitro benzene ring substituents is 1. The predicted octanol–water partition coefficient (Wildman–Crippen LogP) is 3.52. The van der Waals surface area contributed by atoms with Crippen LogP contribution in [0.2, 0.25) is 0 Å². The van der Waals surface area contributed by atoms with Gasteiger partial charge in [-0.15, -0.1) is 0 Å². The Morgan fingerprint density at radius 3 is 2.54 bits per heavy atom. The Morgan fingerprint density at radius 1 is 1.00 bits per heavy atom. The summed E-state index contributed by atoms with van der Waals surface area (Å²) in [5.41, 5.74) is 5.04. The number of carbonyl (C=O) groups excluding carboxylic acids is 1. The van der Waals surface area contributed by atoms with Gasteiger partial charge in [0.25, 0.3) is 11.2 Å². The summed E-state index contributed by atoms with van der Waals surface area (Å²) in [6, 6.07) is 14.3. The van der Waals surface area contributed by atoms with E-state index >= 15 is 0 Å². The Bertz CT molecular complexity index is 1630. The average molecular weight is 557 g/mol. The number of piperidine rings is 1. The molecular weight excluding hydrogens is 524 g/mol. The van der Waals surface area contributed by atoms with Gasteiger partial charge in [-0.05, 0) is 66.1 Å². The monoisotopic (exact) mass is 556 g/mol. The second-order valence-corrected chi connectivity index (χ2v) is 11.6. The number of benzene rings is 2. The van der Waals surface area contributed by atoms with Gasteiger partial charge in [-0.2, -0.15) is 0 Å². The summed E-state index contributed by atoms with van der Waals surface area (Å²) in [5, 5.41) is 11.6. The van der Waals surface area contributed by atoms with E-state index in [1.807, 2.05) is 39.8 Å². The fourth-order valence-corrected chi connectivity index (χ4v) is 7.74. The first-order valence-corrected chi connectivity index (χ1v) is 14.1. The summed E-state index contributed by atoms with van der Waals surface area (Å²) in [6.45, 7) is 2.29. The maximum absolute atomic E-state index is 14.4. The minimum Gasteiger partial charge on any atom is -0.493 e. The molecule has 1 fully saturated rings. The zero-order chi connectivity index (χ0) is 28.4. The van der Waals surface area contributed by atoms with E-state index in [0.717, 1.165) is 34.5 Å². The molecule has 4 atom stereocenters. The van der Waals surface area contributed by atoms with Crippen LogP contribution in [0.15, 0.2) is 53.3 Å². The first kappa shape index (κ1) is 25.6. The van der Waals surface area contributed by atoms with Crippen LogP contribution in [-0.4, -0.2) is 53.6 Å². The van der Waals surface area contributed by atoms with E-state index in [1.165, 1.54) is 0 Å². The predicted molar refractivity (Wildman–Crippen MR) is 152 cm³/mol. The number of amides is 1. The molecule has 0 N–H and O–H groups in total. The summed E-state index contributed by atoms with van der Waals surface area (Å²) in [6.07, 6.45) is 2.05. The lowest BCUT2D eigenvalue weighted by molar-refractivity contribution is -0.384. The molecule has 2 unspecified atom stereocenters. The molecule has 0 aliphatic carbocycles. The summed E-state index contributed by atoms with van der Waals surface area (Å²) >= 11 is 0. The molecule has 1 aromatic heterocycles. The molecule has 0 radical (unpaired) electrons. The number of nitro groups is 1. The first-order valence-electron chi connectivity index (χ1n) is 14.1. The number of hydrogen-bond acceptors (Lipinski definition) is 7. The van der Waals surface area contributed by atoms with E-state index < -0.39 is 0 Å². The molecule has 10 heteroatoms. The molecule has 0 spiro atoms. The average Bonchev–Trinajstić information content (AvgIpc) is 2.99. The smallest absolute Gasteiger partial charge is 0.269 e. The third-order valence-corrected chi connectivity index (χ3v) is 9.55. The molecule has 3 aromatic rings. The summed E-state index contributed by atoms with van der Waals surface area (Å²) in [5.74, 6) is 1.26. The highest BCUT2D eigenvalue weighted by Crippen LogP contribution is 2.48. The lowest BCUT2D eigenvalue weighted by Gasteiger charge is -2.54. The fourth-order valence-electron chi connectivity index (χ4n) is 7.74. The van der Waals surface area contributed by atoms with Crippen molar-refractivity contribution < 1.29 is 19.2 Å². The number of carbonyl (C=O) groups is 1. The van der Waals surface area contributed by atoms with E-state index in [-0.39, 0.29) is 45.9 Å². The van der Waals surface area contributed by atoms with Crippen molar-refractivity contribution in [1.82, 2.24) is 9.47 Å². The molecule has 4 aliphatic rings. The minimum absolute atomic E-state index is 0.00243. The van der Waals surface area contributed by atoms with Gasteiger partial charge < -0.3 is 23.8 Å². The van der Waals surface area contributed by atoms with Gasteiger partial charge in [-0.1, -0.05) is 6.07 Å². The van der Waals surface area contributed by atoms with Crippen LogP contribution in [0.3, 0.4) is 0 Å². The van der Waals surface area contributed by atoms with Gasteiger partial charge in [-0.25, -0.2) is 0 Å². The highest BCUT2D eigenvalue weighted by Gasteiger charge is 2.50. The lowest BCUT2D eigenvalue weighted by atomic mass is 9.69. The van der Waals surface area contributed by atoms with Crippen molar-refractivity contribution in [3.63, 3.8) is 0 Å². The number of pyridine rings is 1. The fraction of sp³-hybridized carbons (Fsp3) is 0.419. The van der Waals surface area contributed by atoms with Crippen molar-refractivity contribution in [2.45, 2.75) is 44.3 Å². The van der Waals surface area contributed by atoms with Crippen LogP contribution >= 0.6 is 0 Å². The third-order valence-electron chi connectivity index (χ3n) is 9.55. The number of anilines is 1. The number of hydrogen-bond donors (Lipinski definition) is 0. The van der Waals surface area contributed by atoms with Crippen LogP contribution in [0.5, 0.6) is 11.5 Å². The highest BCUT2D eigenvalue weighted by molar-refractivity contribution is 5.83. The van der Waals surface area contributed by atoms with Crippen molar-refractivity contribution in [3.05, 3.63) is 91.4 Å². The Labute approximate surface area is 237 Å². The number of aromatic nitrogens is 1. The van der Waals surface area contributed by atoms with Crippen LogP contribution in [0.4, 0.5) is 11.4 Å². The zero-order valence-electron chi connectivity index (χ0n) is 23.1. The molecule has 10 nitrogen and oxygen atoms in total. The Kier molecular flexibility index (Phi) is 6.02. The number of rotatable bonds is 4. The third kappa shape index (κ3) is 4.07. The summed E-state index contributed by atoms with van der Waals surface area (Å²) in [7, 11) is 3.22. The highest BCUT2D eigenvalue weighted by atomic mass is 16.6. The molecule has 1 saturated heterocycles. The van der Waals surface area contributed by atoms with Crippen molar-refractivity contribution >= 4 is 17.3 Å². The van der Waals surface area contributed by atoms with E-state index in [1.54, 1.807) is 32.4 Å². The molecule has 2 bridgehead atoms. The van der Waals surface area contributed by atoms with Gasteiger partial charge in [-0.3, -0.25) is 19.7 Å². The van der Waals surface area contributed by atoms with E-state index in [9.17, 15) is 19.7 Å². The molecule has 5 heterocycles. The van der Waals surface area contributed by atoms with Crippen LogP contribution in [-0.2, 0) is 30.7 Å². The summed E-state index contributed by atoms with van der Waals surface area (Å²) < 4.78 is 12.9. The second-order valence-electron chi connectivity index (χ2n) is 11.6. The number of nitrogens with zero attached hydrogens (tertiary/aromatic N) is 4. The van der Waals surface area contributed by atoms with Crippen LogP contribution in [0, 0.1) is 22.0 Å². The van der Waals surface area contributed by atoms with Crippen molar-refractivity contribution in [2.75, 3.05) is 32.2 Å². The SMILES string of the molecule is COc1cc2c(cc1OC)CN(C(=O)[C@@H]1Cc3cc([N+](=O)[O-])ccc3N3CC4CC(Cn5c4cccc5=O)[C@@H]13)CC2. The van der Waals surface area contributed by atoms with E-state index in [4.69, 9.17) is 9.47 Å². The molecule has 41 heavy (non-hydrogen) atoms. The van der Waals surface area contributed by atoms with Gasteiger partial charge >= 0.3 is 0 Å². The molecule has 4 aliphatic heterocycles. The normalized spacial score (nSPS) is 24.0. The molecule has 0 saturated carbocycles. The molecule has 2 aromatic carbocycles. The largest absolute Gasteiger partial charge is 0.493 e. The Hall–Kier alpha value is -4.34. The Balaban J connectivity index is 1.27.